The van der Waals surface area contributed by atoms with Crippen LogP contribution in [0, 0.1) is 11.8 Å². The van der Waals surface area contributed by atoms with Crippen LogP contribution in [0.25, 0.3) is 0 Å². The highest BCUT2D eigenvalue weighted by Crippen LogP contribution is 2.38. The fourth-order valence-electron chi connectivity index (χ4n) is 4.14. The van der Waals surface area contributed by atoms with Gasteiger partial charge in [-0.3, -0.25) is 4.79 Å². The molecule has 2 aliphatic rings. The lowest BCUT2D eigenvalue weighted by molar-refractivity contribution is -0.144. The summed E-state index contributed by atoms with van der Waals surface area (Å²) in [5.41, 5.74) is 1.12. The second-order valence-electron chi connectivity index (χ2n) is 6.85. The van der Waals surface area contributed by atoms with Gasteiger partial charge in [-0.2, -0.15) is 0 Å². The van der Waals surface area contributed by atoms with Gasteiger partial charge in [0.05, 0.1) is 6.61 Å². The molecule has 1 saturated carbocycles. The maximum Gasteiger partial charge on any atom is 0.248 e. The fraction of sp³-hybridized carbons (Fsp3) is 0.632. The normalized spacial score (nSPS) is 28.2. The predicted molar refractivity (Wildman–Crippen MR) is 87.3 cm³/mol. The van der Waals surface area contributed by atoms with E-state index in [-0.39, 0.29) is 12.5 Å². The number of fused-ring (bicyclic) bond motifs is 1. The van der Waals surface area contributed by atoms with Crippen LogP contribution >= 0.6 is 0 Å². The van der Waals surface area contributed by atoms with Crippen molar-refractivity contribution in [3.8, 4) is 0 Å². The number of ether oxygens (including phenoxy) is 1. The third-order valence-corrected chi connectivity index (χ3v) is 5.40. The Kier molecular flexibility index (Phi) is 5.14. The smallest absolute Gasteiger partial charge is 0.248 e. The lowest BCUT2D eigenvalue weighted by atomic mass is 9.72. The SMILES string of the molecule is CC1CCN(C(=O)COCc2ccccc2)C2CCCCC12. The van der Waals surface area contributed by atoms with E-state index in [1.165, 1.54) is 25.7 Å². The molecule has 1 heterocycles. The van der Waals surface area contributed by atoms with Crippen LogP contribution in [0.15, 0.2) is 30.3 Å². The Morgan fingerprint density at radius 3 is 2.77 bits per heavy atom. The van der Waals surface area contributed by atoms with E-state index in [9.17, 15) is 4.79 Å². The molecule has 1 aromatic rings. The Balaban J connectivity index is 1.53. The monoisotopic (exact) mass is 301 g/mol. The Morgan fingerprint density at radius 1 is 1.18 bits per heavy atom. The van der Waals surface area contributed by atoms with E-state index in [2.05, 4.69) is 11.8 Å². The van der Waals surface area contributed by atoms with Crippen LogP contribution in [0.4, 0.5) is 0 Å². The van der Waals surface area contributed by atoms with Crippen molar-refractivity contribution in [3.63, 3.8) is 0 Å². The first kappa shape index (κ1) is 15.5. The average Bonchev–Trinajstić information content (AvgIpc) is 2.56. The Labute approximate surface area is 133 Å². The number of rotatable bonds is 4. The summed E-state index contributed by atoms with van der Waals surface area (Å²) in [6.45, 7) is 4.00. The summed E-state index contributed by atoms with van der Waals surface area (Å²) in [7, 11) is 0. The number of hydrogen-bond donors (Lipinski definition) is 0. The molecular weight excluding hydrogens is 274 g/mol. The van der Waals surface area contributed by atoms with Gasteiger partial charge in [0.2, 0.25) is 5.91 Å². The number of hydrogen-bond acceptors (Lipinski definition) is 2. The number of amides is 1. The molecule has 0 N–H and O–H groups in total. The minimum absolute atomic E-state index is 0.180. The van der Waals surface area contributed by atoms with Gasteiger partial charge < -0.3 is 9.64 Å². The van der Waals surface area contributed by atoms with E-state index in [0.717, 1.165) is 24.4 Å². The van der Waals surface area contributed by atoms with Gasteiger partial charge >= 0.3 is 0 Å². The van der Waals surface area contributed by atoms with Crippen molar-refractivity contribution < 1.29 is 9.53 Å². The fourth-order valence-corrected chi connectivity index (χ4v) is 4.14. The van der Waals surface area contributed by atoms with Crippen molar-refractivity contribution in [1.29, 1.82) is 0 Å². The second-order valence-corrected chi connectivity index (χ2v) is 6.85. The maximum absolute atomic E-state index is 12.6. The van der Waals surface area contributed by atoms with Gasteiger partial charge in [0, 0.05) is 12.6 Å². The molecule has 1 saturated heterocycles. The third kappa shape index (κ3) is 3.52. The number of carbonyl (C=O) groups excluding carboxylic acids is 1. The van der Waals surface area contributed by atoms with E-state index in [4.69, 9.17) is 4.74 Å². The molecule has 0 bridgehead atoms. The van der Waals surface area contributed by atoms with Crippen LogP contribution in [0.5, 0.6) is 0 Å². The number of carbonyl (C=O) groups is 1. The van der Waals surface area contributed by atoms with Crippen LogP contribution in [-0.2, 0) is 16.1 Å². The first-order valence-corrected chi connectivity index (χ1v) is 8.67. The number of nitrogens with zero attached hydrogens (tertiary/aromatic N) is 1. The molecule has 3 atom stereocenters. The molecule has 2 fully saturated rings. The standard InChI is InChI=1S/C19H27NO2/c1-15-11-12-20(18-10-6-5-9-17(15)18)19(21)14-22-13-16-7-3-2-4-8-16/h2-4,7-8,15,17-18H,5-6,9-14H2,1H3. The molecular formula is C19H27NO2. The lowest BCUT2D eigenvalue weighted by Gasteiger charge is -2.47. The summed E-state index contributed by atoms with van der Waals surface area (Å²) >= 11 is 0. The van der Waals surface area contributed by atoms with Crippen LogP contribution in [0.3, 0.4) is 0 Å². The van der Waals surface area contributed by atoms with Crippen LogP contribution < -0.4 is 0 Å². The molecule has 3 unspecified atom stereocenters. The predicted octanol–water partition coefficient (Wildman–Crippen LogP) is 3.63. The van der Waals surface area contributed by atoms with Crippen molar-refractivity contribution in [2.45, 2.75) is 51.7 Å². The summed E-state index contributed by atoms with van der Waals surface area (Å²) in [6.07, 6.45) is 6.21. The first-order valence-electron chi connectivity index (χ1n) is 8.67. The summed E-state index contributed by atoms with van der Waals surface area (Å²) in [5.74, 6) is 1.65. The Morgan fingerprint density at radius 2 is 1.95 bits per heavy atom. The zero-order chi connectivity index (χ0) is 15.4. The van der Waals surface area contributed by atoms with Gasteiger partial charge in [-0.15, -0.1) is 0 Å². The van der Waals surface area contributed by atoms with Gasteiger partial charge in [0.15, 0.2) is 0 Å². The van der Waals surface area contributed by atoms with Crippen LogP contribution in [0.1, 0.15) is 44.6 Å². The topological polar surface area (TPSA) is 29.5 Å². The molecule has 3 rings (SSSR count). The van der Waals surface area contributed by atoms with Crippen LogP contribution in [-0.4, -0.2) is 30.0 Å². The minimum atomic E-state index is 0.180. The molecule has 3 nitrogen and oxygen atoms in total. The van der Waals surface area contributed by atoms with Crippen molar-refractivity contribution >= 4 is 5.91 Å². The molecule has 1 aromatic carbocycles. The maximum atomic E-state index is 12.6. The van der Waals surface area contributed by atoms with Crippen molar-refractivity contribution in [3.05, 3.63) is 35.9 Å². The number of likely N-dealkylation sites (tertiary alicyclic amines) is 1. The second kappa shape index (κ2) is 7.28. The molecule has 1 aliphatic carbocycles. The van der Waals surface area contributed by atoms with Crippen molar-refractivity contribution in [1.82, 2.24) is 4.90 Å². The third-order valence-electron chi connectivity index (χ3n) is 5.40. The quantitative estimate of drug-likeness (QED) is 0.850. The highest BCUT2D eigenvalue weighted by Gasteiger charge is 2.39. The average molecular weight is 301 g/mol. The van der Waals surface area contributed by atoms with E-state index in [1.807, 2.05) is 30.3 Å². The first-order chi connectivity index (χ1) is 10.8. The minimum Gasteiger partial charge on any atom is -0.367 e. The number of benzene rings is 1. The van der Waals surface area contributed by atoms with Crippen molar-refractivity contribution in [2.24, 2.45) is 11.8 Å². The van der Waals surface area contributed by atoms with Gasteiger partial charge in [-0.25, -0.2) is 0 Å². The molecule has 0 aromatic heterocycles. The van der Waals surface area contributed by atoms with Gasteiger partial charge in [-0.05, 0) is 36.7 Å². The Hall–Kier alpha value is -1.35. The zero-order valence-electron chi connectivity index (χ0n) is 13.5. The molecule has 1 amide bonds. The summed E-state index contributed by atoms with van der Waals surface area (Å²) in [5, 5.41) is 0. The van der Waals surface area contributed by atoms with E-state index < -0.39 is 0 Å². The zero-order valence-corrected chi connectivity index (χ0v) is 13.5. The molecule has 0 radical (unpaired) electrons. The Bertz CT molecular complexity index is 487. The van der Waals surface area contributed by atoms with E-state index in [0.29, 0.717) is 18.6 Å². The largest absolute Gasteiger partial charge is 0.367 e. The van der Waals surface area contributed by atoms with Gasteiger partial charge in [0.1, 0.15) is 6.61 Å². The summed E-state index contributed by atoms with van der Waals surface area (Å²) < 4.78 is 5.65. The van der Waals surface area contributed by atoms with Crippen molar-refractivity contribution in [2.75, 3.05) is 13.2 Å². The molecule has 120 valence electrons. The summed E-state index contributed by atoms with van der Waals surface area (Å²) in [4.78, 5) is 14.7. The summed E-state index contributed by atoms with van der Waals surface area (Å²) in [6, 6.07) is 10.5. The highest BCUT2D eigenvalue weighted by atomic mass is 16.5. The van der Waals surface area contributed by atoms with Gasteiger partial charge in [-0.1, -0.05) is 50.1 Å². The molecule has 1 aliphatic heterocycles. The molecule has 22 heavy (non-hydrogen) atoms. The van der Waals surface area contributed by atoms with E-state index >= 15 is 0 Å². The number of piperidine rings is 1. The van der Waals surface area contributed by atoms with Crippen LogP contribution in [0.2, 0.25) is 0 Å². The lowest BCUT2D eigenvalue weighted by Crippen LogP contribution is -2.53. The van der Waals surface area contributed by atoms with E-state index in [1.54, 1.807) is 0 Å². The van der Waals surface area contributed by atoms with Gasteiger partial charge in [0.25, 0.3) is 0 Å². The molecule has 0 spiro atoms. The highest BCUT2D eigenvalue weighted by molar-refractivity contribution is 5.78. The molecule has 3 heteroatoms.